The molecule has 0 spiro atoms. The molecule has 0 saturated carbocycles. The largest absolute Gasteiger partial charge is 0.306 e. The molecule has 0 aliphatic heterocycles. The maximum Gasteiger partial charge on any atom is 0.306 e. The first-order chi connectivity index (χ1) is 6.99. The molecule has 1 aromatic rings. The zero-order valence-corrected chi connectivity index (χ0v) is 8.60. The van der Waals surface area contributed by atoms with E-state index in [4.69, 9.17) is 23.2 Å². The van der Waals surface area contributed by atoms with Gasteiger partial charge in [0.15, 0.2) is 0 Å². The van der Waals surface area contributed by atoms with Crippen molar-refractivity contribution in [3.63, 3.8) is 0 Å². The minimum absolute atomic E-state index is 0.206. The molecule has 0 N–H and O–H groups in total. The maximum atomic E-state index is 12.4. The van der Waals surface area contributed by atoms with Crippen LogP contribution in [-0.4, -0.2) is 9.91 Å². The number of nitrogens with zero attached hydrogens (tertiary/aromatic N) is 2. The lowest BCUT2D eigenvalue weighted by molar-refractivity contribution is -0.385. The summed E-state index contributed by atoms with van der Waals surface area (Å²) in [5, 5.41) is 10.0. The Morgan fingerprint density at radius 3 is 2.60 bits per heavy atom. The van der Waals surface area contributed by atoms with Gasteiger partial charge in [0.25, 0.3) is 6.43 Å². The average Bonchev–Trinajstić information content (AvgIpc) is 2.16. The number of pyridine rings is 1. The Balaban J connectivity index is 3.39. The Morgan fingerprint density at radius 2 is 2.20 bits per heavy atom. The molecule has 0 aliphatic rings. The monoisotopic (exact) mass is 256 g/mol. The molecular weight excluding hydrogens is 253 g/mol. The van der Waals surface area contributed by atoms with Crippen molar-refractivity contribution in [2.24, 2.45) is 0 Å². The summed E-state index contributed by atoms with van der Waals surface area (Å²) in [7, 11) is 0. The number of nitro groups is 1. The van der Waals surface area contributed by atoms with Gasteiger partial charge in [0.2, 0.25) is 0 Å². The number of rotatable bonds is 3. The van der Waals surface area contributed by atoms with Gasteiger partial charge in [-0.05, 0) is 0 Å². The number of hydrogen-bond acceptors (Lipinski definition) is 3. The maximum absolute atomic E-state index is 12.4. The summed E-state index contributed by atoms with van der Waals surface area (Å²) in [5.74, 6) is -0.354. The molecule has 0 aromatic carbocycles. The fourth-order valence-electron chi connectivity index (χ4n) is 0.975. The van der Waals surface area contributed by atoms with E-state index in [1.807, 2.05) is 0 Å². The van der Waals surface area contributed by atoms with E-state index in [1.165, 1.54) is 0 Å². The molecule has 4 nitrogen and oxygen atoms in total. The van der Waals surface area contributed by atoms with Crippen LogP contribution in [0.15, 0.2) is 6.20 Å². The van der Waals surface area contributed by atoms with Crippen LogP contribution in [0.5, 0.6) is 0 Å². The molecule has 0 unspecified atom stereocenters. The van der Waals surface area contributed by atoms with Crippen LogP contribution < -0.4 is 0 Å². The predicted octanol–water partition coefficient (Wildman–Crippen LogP) is 3.32. The minimum Gasteiger partial charge on any atom is -0.258 e. The SMILES string of the molecule is O=[N+]([O-])c1cnc(C(F)F)c(CCl)c1Cl. The lowest BCUT2D eigenvalue weighted by atomic mass is 10.2. The second kappa shape index (κ2) is 4.67. The predicted molar refractivity (Wildman–Crippen MR) is 50.4 cm³/mol. The lowest BCUT2D eigenvalue weighted by Gasteiger charge is -2.06. The van der Waals surface area contributed by atoms with E-state index in [1.54, 1.807) is 0 Å². The Labute approximate surface area is 93.0 Å². The molecule has 0 radical (unpaired) electrons. The summed E-state index contributed by atoms with van der Waals surface area (Å²) >= 11 is 10.9. The summed E-state index contributed by atoms with van der Waals surface area (Å²) in [4.78, 5) is 12.9. The van der Waals surface area contributed by atoms with E-state index < -0.39 is 22.7 Å². The number of hydrogen-bond donors (Lipinski definition) is 0. The van der Waals surface area contributed by atoms with Crippen LogP contribution >= 0.6 is 23.2 Å². The zero-order valence-electron chi connectivity index (χ0n) is 7.08. The second-order valence-electron chi connectivity index (χ2n) is 2.51. The van der Waals surface area contributed by atoms with Gasteiger partial charge in [-0.25, -0.2) is 13.8 Å². The molecule has 15 heavy (non-hydrogen) atoms. The first kappa shape index (κ1) is 12.1. The highest BCUT2D eigenvalue weighted by atomic mass is 35.5. The standard InChI is InChI=1S/C7H4Cl2F2N2O2/c8-1-3-5(9)4(13(14)15)2-12-6(3)7(10)11/h2,7H,1H2. The van der Waals surface area contributed by atoms with Gasteiger partial charge < -0.3 is 0 Å². The summed E-state index contributed by atoms with van der Waals surface area (Å²) in [6.45, 7) is 0. The van der Waals surface area contributed by atoms with Crippen molar-refractivity contribution in [2.75, 3.05) is 0 Å². The zero-order chi connectivity index (χ0) is 11.6. The molecule has 0 bridgehead atoms. The van der Waals surface area contributed by atoms with Crippen molar-refractivity contribution in [2.45, 2.75) is 12.3 Å². The van der Waals surface area contributed by atoms with E-state index in [0.29, 0.717) is 6.20 Å². The van der Waals surface area contributed by atoms with Crippen LogP contribution in [0.25, 0.3) is 0 Å². The van der Waals surface area contributed by atoms with Gasteiger partial charge in [-0.15, -0.1) is 11.6 Å². The number of halogens is 4. The quantitative estimate of drug-likeness (QED) is 0.474. The van der Waals surface area contributed by atoms with Crippen molar-refractivity contribution < 1.29 is 13.7 Å². The number of aromatic nitrogens is 1. The van der Waals surface area contributed by atoms with Gasteiger partial charge in [0.1, 0.15) is 16.9 Å². The van der Waals surface area contributed by atoms with Crippen molar-refractivity contribution in [1.29, 1.82) is 0 Å². The summed E-state index contributed by atoms with van der Waals surface area (Å²) in [6.07, 6.45) is -2.17. The summed E-state index contributed by atoms with van der Waals surface area (Å²) < 4.78 is 24.8. The second-order valence-corrected chi connectivity index (χ2v) is 3.16. The molecule has 8 heteroatoms. The van der Waals surface area contributed by atoms with E-state index in [9.17, 15) is 18.9 Å². The van der Waals surface area contributed by atoms with E-state index in [2.05, 4.69) is 4.98 Å². The van der Waals surface area contributed by atoms with Crippen LogP contribution in [0.4, 0.5) is 14.5 Å². The molecule has 0 amide bonds. The Morgan fingerprint density at radius 1 is 1.60 bits per heavy atom. The van der Waals surface area contributed by atoms with Crippen molar-refractivity contribution >= 4 is 28.9 Å². The Bertz CT molecular complexity index is 401. The van der Waals surface area contributed by atoms with Crippen LogP contribution in [0.1, 0.15) is 17.7 Å². The smallest absolute Gasteiger partial charge is 0.258 e. The summed E-state index contributed by atoms with van der Waals surface area (Å²) in [5.41, 5.74) is -1.36. The normalized spacial score (nSPS) is 10.7. The highest BCUT2D eigenvalue weighted by molar-refractivity contribution is 6.34. The molecule has 0 saturated heterocycles. The first-order valence-corrected chi connectivity index (χ1v) is 4.56. The van der Waals surface area contributed by atoms with Crippen LogP contribution in [0, 0.1) is 10.1 Å². The third kappa shape index (κ3) is 2.32. The Kier molecular flexibility index (Phi) is 3.76. The van der Waals surface area contributed by atoms with Crippen molar-refractivity contribution in [3.8, 4) is 0 Å². The topological polar surface area (TPSA) is 56.0 Å². The summed E-state index contributed by atoms with van der Waals surface area (Å²) in [6, 6.07) is 0. The van der Waals surface area contributed by atoms with Gasteiger partial charge in [0.05, 0.1) is 10.8 Å². The molecule has 0 fully saturated rings. The third-order valence-corrected chi connectivity index (χ3v) is 2.35. The minimum atomic E-state index is -2.86. The molecule has 82 valence electrons. The van der Waals surface area contributed by atoms with Crippen molar-refractivity contribution in [1.82, 2.24) is 4.98 Å². The van der Waals surface area contributed by atoms with E-state index in [-0.39, 0.29) is 16.5 Å². The third-order valence-electron chi connectivity index (χ3n) is 1.66. The molecule has 1 aromatic heterocycles. The van der Waals surface area contributed by atoms with E-state index in [0.717, 1.165) is 0 Å². The molecule has 1 heterocycles. The van der Waals surface area contributed by atoms with Gasteiger partial charge >= 0.3 is 5.69 Å². The van der Waals surface area contributed by atoms with Crippen LogP contribution in [0.2, 0.25) is 5.02 Å². The highest BCUT2D eigenvalue weighted by Gasteiger charge is 2.24. The van der Waals surface area contributed by atoms with E-state index >= 15 is 0 Å². The number of alkyl halides is 3. The average molecular weight is 257 g/mol. The Hall–Kier alpha value is -1.01. The van der Waals surface area contributed by atoms with Crippen LogP contribution in [0.3, 0.4) is 0 Å². The van der Waals surface area contributed by atoms with Crippen LogP contribution in [-0.2, 0) is 5.88 Å². The fourth-order valence-corrected chi connectivity index (χ4v) is 1.60. The fraction of sp³-hybridized carbons (Fsp3) is 0.286. The highest BCUT2D eigenvalue weighted by Crippen LogP contribution is 2.33. The van der Waals surface area contributed by atoms with Gasteiger partial charge in [-0.2, -0.15) is 0 Å². The lowest BCUT2D eigenvalue weighted by Crippen LogP contribution is -2.01. The van der Waals surface area contributed by atoms with Crippen molar-refractivity contribution in [3.05, 3.63) is 32.6 Å². The molecule has 0 atom stereocenters. The molecule has 0 aliphatic carbocycles. The van der Waals surface area contributed by atoms with Gasteiger partial charge in [-0.3, -0.25) is 10.1 Å². The molecular formula is C7H4Cl2F2N2O2. The first-order valence-electron chi connectivity index (χ1n) is 3.64. The van der Waals surface area contributed by atoms with Gasteiger partial charge in [-0.1, -0.05) is 11.6 Å². The van der Waals surface area contributed by atoms with Gasteiger partial charge in [0, 0.05) is 5.56 Å². The molecule has 1 rings (SSSR count).